The highest BCUT2D eigenvalue weighted by molar-refractivity contribution is 5.96. The van der Waals surface area contributed by atoms with Crippen LogP contribution in [0.1, 0.15) is 56.8 Å². The molecule has 0 fully saturated rings. The van der Waals surface area contributed by atoms with Crippen molar-refractivity contribution in [2.24, 2.45) is 11.8 Å². The van der Waals surface area contributed by atoms with E-state index < -0.39 is 29.6 Å². The predicted molar refractivity (Wildman–Crippen MR) is 105 cm³/mol. The Hall–Kier alpha value is -2.83. The second-order valence-electron chi connectivity index (χ2n) is 7.19. The molecule has 1 aliphatic rings. The monoisotopic (exact) mass is 388 g/mol. The van der Waals surface area contributed by atoms with Crippen LogP contribution in [0.15, 0.2) is 35.4 Å². The topological polar surface area (TPSA) is 105 Å². The van der Waals surface area contributed by atoms with Crippen LogP contribution in [0.4, 0.5) is 0 Å². The average Bonchev–Trinajstić information content (AvgIpc) is 2.68. The Balaban J connectivity index is 1.92. The van der Waals surface area contributed by atoms with Crippen molar-refractivity contribution in [3.05, 3.63) is 41.0 Å². The fraction of sp³-hybridized carbons (Fsp3) is 0.476. The normalized spacial score (nSPS) is 19.1. The number of hydrogen-bond donors (Lipinski definition) is 3. The van der Waals surface area contributed by atoms with Gasteiger partial charge in [-0.2, -0.15) is 0 Å². The van der Waals surface area contributed by atoms with Crippen LogP contribution in [0.3, 0.4) is 0 Å². The molecule has 7 nitrogen and oxygen atoms in total. The zero-order valence-corrected chi connectivity index (χ0v) is 16.6. The first-order valence-electron chi connectivity index (χ1n) is 9.54. The molecule has 0 aromatic heterocycles. The fourth-order valence-corrected chi connectivity index (χ4v) is 3.15. The Morgan fingerprint density at radius 1 is 1.04 bits per heavy atom. The summed E-state index contributed by atoms with van der Waals surface area (Å²) in [5.74, 6) is -2.79. The van der Waals surface area contributed by atoms with E-state index in [1.54, 1.807) is 24.3 Å². The summed E-state index contributed by atoms with van der Waals surface area (Å²) in [6.45, 7) is 6.49. The third-order valence-corrected chi connectivity index (χ3v) is 5.10. The summed E-state index contributed by atoms with van der Waals surface area (Å²) in [7, 11) is 0. The van der Waals surface area contributed by atoms with E-state index in [0.717, 1.165) is 24.0 Å². The second kappa shape index (κ2) is 9.92. The van der Waals surface area contributed by atoms with E-state index in [4.69, 9.17) is 4.74 Å². The Morgan fingerprint density at radius 2 is 1.64 bits per heavy atom. The smallest absolute Gasteiger partial charge is 0.307 e. The number of nitrogens with one attached hydrogen (secondary N) is 2. The molecule has 0 spiro atoms. The van der Waals surface area contributed by atoms with Gasteiger partial charge in [0.2, 0.25) is 5.91 Å². The quantitative estimate of drug-likeness (QED) is 0.378. The lowest BCUT2D eigenvalue weighted by atomic mass is 9.76. The standard InChI is InChI=1S/C21H28N2O5/c1-4-5-10-28-16-8-6-15(7-9-16)19(24)22-23-20(25)17-11-13(2)14(3)12-18(17)21(26)27/h6-9,17-18H,4-5,10-12H2,1-3H3,(H,22,24)(H,23,25)(H,26,27)/t17-,18+/m1/s1. The minimum Gasteiger partial charge on any atom is -0.494 e. The molecular formula is C21H28N2O5. The molecule has 152 valence electrons. The lowest BCUT2D eigenvalue weighted by Gasteiger charge is -2.29. The number of hydrazine groups is 1. The number of carbonyl (C=O) groups is 3. The highest BCUT2D eigenvalue weighted by atomic mass is 16.5. The van der Waals surface area contributed by atoms with Gasteiger partial charge in [-0.1, -0.05) is 24.5 Å². The van der Waals surface area contributed by atoms with Crippen molar-refractivity contribution in [1.29, 1.82) is 0 Å². The molecule has 1 aliphatic carbocycles. The molecular weight excluding hydrogens is 360 g/mol. The molecule has 28 heavy (non-hydrogen) atoms. The number of carboxylic acids is 1. The number of amides is 2. The van der Waals surface area contributed by atoms with Crippen LogP contribution in [-0.4, -0.2) is 29.5 Å². The number of rotatable bonds is 7. The van der Waals surface area contributed by atoms with Crippen molar-refractivity contribution in [3.8, 4) is 5.75 Å². The molecule has 0 saturated carbocycles. The van der Waals surface area contributed by atoms with Crippen molar-refractivity contribution >= 4 is 17.8 Å². The Bertz CT molecular complexity index is 755. The highest BCUT2D eigenvalue weighted by Gasteiger charge is 2.37. The predicted octanol–water partition coefficient (Wildman–Crippen LogP) is 3.07. The van der Waals surface area contributed by atoms with Gasteiger partial charge in [0, 0.05) is 5.56 Å². The first kappa shape index (κ1) is 21.5. The van der Waals surface area contributed by atoms with Crippen LogP contribution in [-0.2, 0) is 9.59 Å². The molecule has 2 amide bonds. The van der Waals surface area contributed by atoms with Crippen LogP contribution in [0.25, 0.3) is 0 Å². The van der Waals surface area contributed by atoms with Crippen LogP contribution < -0.4 is 15.6 Å². The number of aliphatic carboxylic acids is 1. The van der Waals surface area contributed by atoms with Gasteiger partial charge in [0.05, 0.1) is 18.4 Å². The van der Waals surface area contributed by atoms with Crippen molar-refractivity contribution in [3.63, 3.8) is 0 Å². The average molecular weight is 388 g/mol. The van der Waals surface area contributed by atoms with Gasteiger partial charge in [-0.3, -0.25) is 25.2 Å². The summed E-state index contributed by atoms with van der Waals surface area (Å²) in [6, 6.07) is 6.62. The van der Waals surface area contributed by atoms with Gasteiger partial charge in [0.25, 0.3) is 5.91 Å². The summed E-state index contributed by atoms with van der Waals surface area (Å²) in [6.07, 6.45) is 2.71. The lowest BCUT2D eigenvalue weighted by molar-refractivity contribution is -0.147. The van der Waals surface area contributed by atoms with Crippen molar-refractivity contribution in [2.75, 3.05) is 6.61 Å². The molecule has 1 aromatic carbocycles. The van der Waals surface area contributed by atoms with E-state index in [1.807, 2.05) is 13.8 Å². The molecule has 2 rings (SSSR count). The summed E-state index contributed by atoms with van der Waals surface area (Å²) >= 11 is 0. The molecule has 3 N–H and O–H groups in total. The Labute approximate surface area is 165 Å². The third kappa shape index (κ3) is 5.58. The van der Waals surface area contributed by atoms with Gasteiger partial charge in [0.1, 0.15) is 5.75 Å². The summed E-state index contributed by atoms with van der Waals surface area (Å²) in [5.41, 5.74) is 7.12. The van der Waals surface area contributed by atoms with Crippen LogP contribution in [0, 0.1) is 11.8 Å². The van der Waals surface area contributed by atoms with Crippen LogP contribution in [0.5, 0.6) is 5.75 Å². The molecule has 0 radical (unpaired) electrons. The zero-order chi connectivity index (χ0) is 20.7. The summed E-state index contributed by atoms with van der Waals surface area (Å²) in [4.78, 5) is 36.2. The first-order chi connectivity index (χ1) is 13.3. The first-order valence-corrected chi connectivity index (χ1v) is 9.54. The van der Waals surface area contributed by atoms with Crippen LogP contribution >= 0.6 is 0 Å². The third-order valence-electron chi connectivity index (χ3n) is 5.10. The van der Waals surface area contributed by atoms with E-state index in [0.29, 0.717) is 30.8 Å². The highest BCUT2D eigenvalue weighted by Crippen LogP contribution is 2.34. The SMILES string of the molecule is CCCCOc1ccc(C(=O)NNC(=O)[C@@H]2CC(C)=C(C)C[C@@H]2C(=O)O)cc1. The lowest BCUT2D eigenvalue weighted by Crippen LogP contribution is -2.48. The number of unbranched alkanes of at least 4 members (excludes halogenated alkanes) is 1. The van der Waals surface area contributed by atoms with E-state index >= 15 is 0 Å². The molecule has 0 saturated heterocycles. The minimum absolute atomic E-state index is 0.340. The Morgan fingerprint density at radius 3 is 2.21 bits per heavy atom. The van der Waals surface area contributed by atoms with Crippen molar-refractivity contribution in [1.82, 2.24) is 10.9 Å². The van der Waals surface area contributed by atoms with Gasteiger partial charge < -0.3 is 9.84 Å². The van der Waals surface area contributed by atoms with Gasteiger partial charge in [-0.05, 0) is 57.4 Å². The maximum Gasteiger partial charge on any atom is 0.307 e. The Kier molecular flexibility index (Phi) is 7.61. The molecule has 0 unspecified atom stereocenters. The number of carboxylic acid groups (broad SMARTS) is 1. The van der Waals surface area contributed by atoms with Crippen molar-refractivity contribution in [2.45, 2.75) is 46.5 Å². The van der Waals surface area contributed by atoms with E-state index in [2.05, 4.69) is 17.8 Å². The summed E-state index contributed by atoms with van der Waals surface area (Å²) < 4.78 is 5.55. The van der Waals surface area contributed by atoms with Gasteiger partial charge in [-0.15, -0.1) is 0 Å². The van der Waals surface area contributed by atoms with Gasteiger partial charge in [-0.25, -0.2) is 0 Å². The van der Waals surface area contributed by atoms with Crippen molar-refractivity contribution < 1.29 is 24.2 Å². The molecule has 0 bridgehead atoms. The minimum atomic E-state index is -1.00. The number of carbonyl (C=O) groups excluding carboxylic acids is 2. The van der Waals surface area contributed by atoms with Crippen LogP contribution in [0.2, 0.25) is 0 Å². The maximum atomic E-state index is 12.5. The molecule has 1 aromatic rings. The number of allylic oxidation sites excluding steroid dienone is 2. The molecule has 7 heteroatoms. The number of benzene rings is 1. The largest absolute Gasteiger partial charge is 0.494 e. The summed E-state index contributed by atoms with van der Waals surface area (Å²) in [5, 5.41) is 9.42. The van der Waals surface area contributed by atoms with Gasteiger partial charge >= 0.3 is 5.97 Å². The molecule has 0 heterocycles. The second-order valence-corrected chi connectivity index (χ2v) is 7.19. The van der Waals surface area contributed by atoms with E-state index in [9.17, 15) is 19.5 Å². The van der Waals surface area contributed by atoms with E-state index in [1.165, 1.54) is 0 Å². The number of hydrogen-bond acceptors (Lipinski definition) is 4. The maximum absolute atomic E-state index is 12.5. The van der Waals surface area contributed by atoms with Gasteiger partial charge in [0.15, 0.2) is 0 Å². The van der Waals surface area contributed by atoms with E-state index in [-0.39, 0.29) is 0 Å². The zero-order valence-electron chi connectivity index (χ0n) is 16.6. The fourth-order valence-electron chi connectivity index (χ4n) is 3.15. The molecule has 2 atom stereocenters. The molecule has 0 aliphatic heterocycles. The number of ether oxygens (including phenoxy) is 1.